The number of aliphatic hydroxyl groups excluding tert-OH is 1. The first-order valence-electron chi connectivity index (χ1n) is 10.5. The molecule has 1 unspecified atom stereocenters. The molecule has 2 aliphatic heterocycles. The van der Waals surface area contributed by atoms with Gasteiger partial charge in [0.15, 0.2) is 5.90 Å². The molecule has 0 bridgehead atoms. The molecule has 10 heteroatoms. The molecule has 3 aliphatic rings. The first kappa shape index (κ1) is 22.3. The van der Waals surface area contributed by atoms with Crippen LogP contribution < -0.4 is 9.47 Å². The van der Waals surface area contributed by atoms with Crippen LogP contribution in [0.1, 0.15) is 38.5 Å². The van der Waals surface area contributed by atoms with Gasteiger partial charge in [0.05, 0.1) is 12.1 Å². The highest BCUT2D eigenvalue weighted by molar-refractivity contribution is 6.09. The number of aliphatic hydroxyl groups is 1. The lowest BCUT2D eigenvalue weighted by molar-refractivity contribution is -0.274. The minimum Gasteiger partial charge on any atom is -0.443 e. The third-order valence-corrected chi connectivity index (χ3v) is 5.63. The third-order valence-electron chi connectivity index (χ3n) is 5.63. The highest BCUT2D eigenvalue weighted by atomic mass is 19.4. The minimum absolute atomic E-state index is 0.0628. The number of amides is 2. The molecule has 0 aromatic heterocycles. The number of benzene rings is 1. The molecule has 32 heavy (non-hydrogen) atoms. The molecule has 1 fully saturated rings. The monoisotopic (exact) mass is 452 g/mol. The number of carbonyl (C=O) groups is 2. The van der Waals surface area contributed by atoms with Gasteiger partial charge in [-0.25, -0.2) is 4.99 Å². The molecular formula is C22H23F3N2O5. The second-order valence-corrected chi connectivity index (χ2v) is 8.18. The Morgan fingerprint density at radius 3 is 2.62 bits per heavy atom. The summed E-state index contributed by atoms with van der Waals surface area (Å²) in [4.78, 5) is 31.0. The maximum Gasteiger partial charge on any atom is 0.573 e. The fourth-order valence-corrected chi connectivity index (χ4v) is 3.97. The lowest BCUT2D eigenvalue weighted by atomic mass is 9.87. The molecule has 1 saturated carbocycles. The number of imide groups is 1. The van der Waals surface area contributed by atoms with Gasteiger partial charge in [-0.15, -0.1) is 13.2 Å². The minimum atomic E-state index is -4.82. The van der Waals surface area contributed by atoms with Gasteiger partial charge >= 0.3 is 6.36 Å². The van der Waals surface area contributed by atoms with Crippen molar-refractivity contribution in [3.63, 3.8) is 0 Å². The summed E-state index contributed by atoms with van der Waals surface area (Å²) in [7, 11) is 0. The molecule has 0 spiro atoms. The van der Waals surface area contributed by atoms with E-state index >= 15 is 0 Å². The van der Waals surface area contributed by atoms with E-state index in [4.69, 9.17) is 9.84 Å². The van der Waals surface area contributed by atoms with Gasteiger partial charge in [0.25, 0.3) is 5.91 Å². The van der Waals surface area contributed by atoms with E-state index in [1.165, 1.54) is 18.2 Å². The molecule has 1 aromatic rings. The average molecular weight is 452 g/mol. The van der Waals surface area contributed by atoms with Crippen LogP contribution in [-0.2, 0) is 9.59 Å². The van der Waals surface area contributed by atoms with Crippen molar-refractivity contribution in [2.45, 2.75) is 44.9 Å². The van der Waals surface area contributed by atoms with Crippen LogP contribution in [0.25, 0.3) is 0 Å². The quantitative estimate of drug-likeness (QED) is 0.639. The Labute approximate surface area is 182 Å². The molecule has 0 radical (unpaired) electrons. The van der Waals surface area contributed by atoms with Crippen LogP contribution >= 0.6 is 0 Å². The molecule has 1 aliphatic carbocycles. The number of aliphatic imine (C=N–C) groups is 1. The van der Waals surface area contributed by atoms with Crippen LogP contribution in [0.5, 0.6) is 11.5 Å². The van der Waals surface area contributed by atoms with Crippen molar-refractivity contribution >= 4 is 17.7 Å². The smallest absolute Gasteiger partial charge is 0.443 e. The van der Waals surface area contributed by atoms with Gasteiger partial charge in [0.1, 0.15) is 11.5 Å². The van der Waals surface area contributed by atoms with Crippen LogP contribution in [0.4, 0.5) is 13.2 Å². The Hall–Kier alpha value is -2.88. The molecule has 2 amide bonds. The van der Waals surface area contributed by atoms with Crippen molar-refractivity contribution in [2.75, 3.05) is 13.2 Å². The summed E-state index contributed by atoms with van der Waals surface area (Å²) < 4.78 is 47.4. The van der Waals surface area contributed by atoms with Gasteiger partial charge in [-0.1, -0.05) is 18.9 Å². The number of carbonyl (C=O) groups excluding carboxylic acids is 2. The van der Waals surface area contributed by atoms with E-state index in [0.29, 0.717) is 35.9 Å². The molecule has 1 aromatic carbocycles. The van der Waals surface area contributed by atoms with Crippen LogP contribution in [0.2, 0.25) is 0 Å². The largest absolute Gasteiger partial charge is 0.573 e. The van der Waals surface area contributed by atoms with Gasteiger partial charge in [-0.2, -0.15) is 0 Å². The first-order chi connectivity index (χ1) is 15.2. The zero-order valence-corrected chi connectivity index (χ0v) is 17.2. The number of rotatable bonds is 7. The third kappa shape index (κ3) is 5.29. The molecule has 0 saturated heterocycles. The summed E-state index contributed by atoms with van der Waals surface area (Å²) in [5, 5.41) is 9.04. The second kappa shape index (κ2) is 8.93. The number of ether oxygens (including phenoxy) is 2. The number of alkyl halides is 3. The topological polar surface area (TPSA) is 88.4 Å². The molecule has 7 nitrogen and oxygen atoms in total. The summed E-state index contributed by atoms with van der Waals surface area (Å²) in [6.07, 6.45) is -1.34. The van der Waals surface area contributed by atoms with E-state index in [-0.39, 0.29) is 31.2 Å². The number of hydrogen-bond acceptors (Lipinski definition) is 6. The van der Waals surface area contributed by atoms with E-state index in [0.717, 1.165) is 30.2 Å². The fourth-order valence-electron chi connectivity index (χ4n) is 3.97. The van der Waals surface area contributed by atoms with Gasteiger partial charge in [0, 0.05) is 30.7 Å². The highest BCUT2D eigenvalue weighted by Crippen LogP contribution is 2.41. The predicted molar refractivity (Wildman–Crippen MR) is 107 cm³/mol. The van der Waals surface area contributed by atoms with Gasteiger partial charge in [-0.3, -0.25) is 14.5 Å². The van der Waals surface area contributed by atoms with Crippen molar-refractivity contribution in [1.29, 1.82) is 0 Å². The maximum atomic E-state index is 12.9. The number of hydrogen-bond donors (Lipinski definition) is 1. The lowest BCUT2D eigenvalue weighted by Gasteiger charge is -2.32. The van der Waals surface area contributed by atoms with Crippen molar-refractivity contribution in [1.82, 2.24) is 4.90 Å². The summed E-state index contributed by atoms with van der Waals surface area (Å²) in [6.45, 7) is 0.0256. The fraction of sp³-hybridized carbons (Fsp3) is 0.500. The van der Waals surface area contributed by atoms with E-state index in [1.54, 1.807) is 0 Å². The molecular weight excluding hydrogens is 429 g/mol. The lowest BCUT2D eigenvalue weighted by Crippen LogP contribution is -2.44. The maximum absolute atomic E-state index is 12.9. The second-order valence-electron chi connectivity index (χ2n) is 8.18. The Kier molecular flexibility index (Phi) is 6.23. The van der Waals surface area contributed by atoms with E-state index < -0.39 is 23.9 Å². The SMILES string of the molecule is O=C1CC2=C(CC(CC3CC3)C(Oc3cccc(OC(F)(F)F)c3)=N2)C(=O)N1CCCO. The van der Waals surface area contributed by atoms with E-state index in [9.17, 15) is 22.8 Å². The van der Waals surface area contributed by atoms with Crippen LogP contribution in [0.15, 0.2) is 40.5 Å². The normalized spacial score (nSPS) is 21.4. The standard InChI is InChI=1S/C22H23F3N2O5/c23-22(24,25)32-16-4-1-3-15(11-16)31-20-14(9-13-5-6-13)10-17-18(26-20)12-19(29)27(21(17)30)7-2-8-28/h1,3-4,11,13-14,28H,2,5-10,12H2. The van der Waals surface area contributed by atoms with E-state index in [2.05, 4.69) is 9.73 Å². The van der Waals surface area contributed by atoms with Gasteiger partial charge < -0.3 is 14.6 Å². The molecule has 1 atom stereocenters. The summed E-state index contributed by atoms with van der Waals surface area (Å²) in [5.74, 6) is -0.502. The average Bonchev–Trinajstić information content (AvgIpc) is 3.52. The van der Waals surface area contributed by atoms with Gasteiger partial charge in [0.2, 0.25) is 5.91 Å². The van der Waals surface area contributed by atoms with Gasteiger partial charge in [-0.05, 0) is 37.3 Å². The van der Waals surface area contributed by atoms with Crippen molar-refractivity contribution in [3.8, 4) is 11.5 Å². The Morgan fingerprint density at radius 1 is 1.19 bits per heavy atom. The number of halogens is 3. The summed E-state index contributed by atoms with van der Waals surface area (Å²) in [6, 6.07) is 5.18. The zero-order valence-electron chi connectivity index (χ0n) is 17.2. The summed E-state index contributed by atoms with van der Waals surface area (Å²) >= 11 is 0. The van der Waals surface area contributed by atoms with Crippen LogP contribution in [0.3, 0.4) is 0 Å². The zero-order chi connectivity index (χ0) is 22.9. The predicted octanol–water partition coefficient (Wildman–Crippen LogP) is 3.58. The highest BCUT2D eigenvalue weighted by Gasteiger charge is 2.40. The van der Waals surface area contributed by atoms with Crippen molar-refractivity contribution in [2.24, 2.45) is 16.8 Å². The molecule has 1 N–H and O–H groups in total. The Morgan fingerprint density at radius 2 is 1.94 bits per heavy atom. The Bertz CT molecular complexity index is 969. The van der Waals surface area contributed by atoms with Crippen molar-refractivity contribution in [3.05, 3.63) is 35.5 Å². The molecule has 172 valence electrons. The first-order valence-corrected chi connectivity index (χ1v) is 10.5. The van der Waals surface area contributed by atoms with Crippen molar-refractivity contribution < 1.29 is 37.3 Å². The molecule has 4 rings (SSSR count). The number of nitrogens with zero attached hydrogens (tertiary/aromatic N) is 2. The summed E-state index contributed by atoms with van der Waals surface area (Å²) in [5.41, 5.74) is 0.805. The van der Waals surface area contributed by atoms with Crippen LogP contribution in [0, 0.1) is 11.8 Å². The molecule has 2 heterocycles. The van der Waals surface area contributed by atoms with E-state index in [1.807, 2.05) is 0 Å². The van der Waals surface area contributed by atoms with Crippen LogP contribution in [-0.4, -0.2) is 47.2 Å². The Balaban J connectivity index is 1.59.